The summed E-state index contributed by atoms with van der Waals surface area (Å²) in [6, 6.07) is 2.13. The largest absolute Gasteiger partial charge is 0.356 e. The van der Waals surface area contributed by atoms with Gasteiger partial charge in [0.2, 0.25) is 0 Å². The van der Waals surface area contributed by atoms with Crippen LogP contribution >= 0.6 is 0 Å². The van der Waals surface area contributed by atoms with E-state index in [9.17, 15) is 0 Å². The average Bonchev–Trinajstić information content (AvgIpc) is 3.09. The molecule has 27 heavy (non-hydrogen) atoms. The molecule has 7 nitrogen and oxygen atoms in total. The van der Waals surface area contributed by atoms with Gasteiger partial charge in [0.25, 0.3) is 0 Å². The lowest BCUT2D eigenvalue weighted by Gasteiger charge is -2.33. The fourth-order valence-corrected chi connectivity index (χ4v) is 4.33. The number of likely N-dealkylation sites (tertiary alicyclic amines) is 1. The maximum absolute atomic E-state index is 4.59. The minimum absolute atomic E-state index is 0.409. The summed E-state index contributed by atoms with van der Waals surface area (Å²) < 4.78 is 2.24. The highest BCUT2D eigenvalue weighted by Crippen LogP contribution is 2.28. The number of nitrogens with zero attached hydrogens (tertiary/aromatic N) is 7. The van der Waals surface area contributed by atoms with Gasteiger partial charge >= 0.3 is 0 Å². The third-order valence-corrected chi connectivity index (χ3v) is 5.99. The molecule has 2 aliphatic rings. The molecule has 0 aliphatic carbocycles. The molecular weight excluding hydrogens is 338 g/mol. The van der Waals surface area contributed by atoms with Gasteiger partial charge in [-0.1, -0.05) is 13.3 Å². The molecule has 0 saturated carbocycles. The second-order valence-electron chi connectivity index (χ2n) is 7.88. The van der Waals surface area contributed by atoms with Crippen LogP contribution in [0, 0.1) is 0 Å². The second-order valence-corrected chi connectivity index (χ2v) is 7.88. The van der Waals surface area contributed by atoms with Gasteiger partial charge in [-0.15, -0.1) is 10.2 Å². The van der Waals surface area contributed by atoms with Crippen molar-refractivity contribution in [1.29, 1.82) is 0 Å². The van der Waals surface area contributed by atoms with Crippen LogP contribution in [0.5, 0.6) is 0 Å². The summed E-state index contributed by atoms with van der Waals surface area (Å²) in [5.41, 5.74) is 1.10. The number of aryl methyl sites for hydroxylation is 1. The molecule has 2 aromatic heterocycles. The molecule has 2 fully saturated rings. The van der Waals surface area contributed by atoms with E-state index in [4.69, 9.17) is 0 Å². The van der Waals surface area contributed by atoms with E-state index >= 15 is 0 Å². The molecular formula is C20H31N7. The Morgan fingerprint density at radius 3 is 2.70 bits per heavy atom. The SMILES string of the molecule is CCc1cc(N2CCC[C@@H](c3nnc(CN4CCCCC4)n3C)C2)ncn1. The van der Waals surface area contributed by atoms with Crippen molar-refractivity contribution < 1.29 is 0 Å². The van der Waals surface area contributed by atoms with Gasteiger partial charge in [0.1, 0.15) is 23.8 Å². The molecule has 0 radical (unpaired) electrons. The molecule has 2 saturated heterocycles. The third-order valence-electron chi connectivity index (χ3n) is 5.99. The van der Waals surface area contributed by atoms with Crippen molar-refractivity contribution in [3.63, 3.8) is 0 Å². The maximum atomic E-state index is 4.59. The molecule has 0 aromatic carbocycles. The average molecular weight is 370 g/mol. The van der Waals surface area contributed by atoms with Gasteiger partial charge in [0.15, 0.2) is 0 Å². The number of piperidine rings is 2. The summed E-state index contributed by atoms with van der Waals surface area (Å²) in [6.07, 6.45) is 8.93. The summed E-state index contributed by atoms with van der Waals surface area (Å²) in [4.78, 5) is 13.7. The van der Waals surface area contributed by atoms with E-state index in [1.807, 2.05) is 0 Å². The summed E-state index contributed by atoms with van der Waals surface area (Å²) in [7, 11) is 2.13. The van der Waals surface area contributed by atoms with Crippen LogP contribution in [0.1, 0.15) is 62.3 Å². The van der Waals surface area contributed by atoms with Crippen LogP contribution in [0.3, 0.4) is 0 Å². The van der Waals surface area contributed by atoms with Gasteiger partial charge in [-0.2, -0.15) is 0 Å². The lowest BCUT2D eigenvalue weighted by atomic mass is 9.97. The van der Waals surface area contributed by atoms with Crippen LogP contribution in [-0.2, 0) is 20.0 Å². The Balaban J connectivity index is 1.46. The predicted octanol–water partition coefficient (Wildman–Crippen LogP) is 2.54. The van der Waals surface area contributed by atoms with Crippen molar-refractivity contribution in [2.45, 2.75) is 57.9 Å². The van der Waals surface area contributed by atoms with E-state index in [1.54, 1.807) is 6.33 Å². The van der Waals surface area contributed by atoms with Crippen LogP contribution in [0.15, 0.2) is 12.4 Å². The molecule has 0 spiro atoms. The maximum Gasteiger partial charge on any atom is 0.146 e. The summed E-state index contributed by atoms with van der Waals surface area (Å²) in [5.74, 6) is 3.67. The topological polar surface area (TPSA) is 63.0 Å². The highest BCUT2D eigenvalue weighted by atomic mass is 15.3. The molecule has 2 aromatic rings. The van der Waals surface area contributed by atoms with Crippen LogP contribution < -0.4 is 4.90 Å². The monoisotopic (exact) mass is 369 g/mol. The molecule has 146 valence electrons. The number of hydrogen-bond donors (Lipinski definition) is 0. The van der Waals surface area contributed by atoms with E-state index in [-0.39, 0.29) is 0 Å². The summed E-state index contributed by atoms with van der Waals surface area (Å²) >= 11 is 0. The number of hydrogen-bond acceptors (Lipinski definition) is 6. The highest BCUT2D eigenvalue weighted by Gasteiger charge is 2.27. The Hall–Kier alpha value is -2.02. The Labute approximate surface area is 161 Å². The van der Waals surface area contributed by atoms with Crippen LogP contribution in [0.25, 0.3) is 0 Å². The van der Waals surface area contributed by atoms with Crippen LogP contribution in [-0.4, -0.2) is 55.8 Å². The van der Waals surface area contributed by atoms with Gasteiger partial charge < -0.3 is 9.47 Å². The fourth-order valence-electron chi connectivity index (χ4n) is 4.33. The first-order chi connectivity index (χ1) is 13.2. The van der Waals surface area contributed by atoms with Crippen molar-refractivity contribution >= 4 is 5.82 Å². The Morgan fingerprint density at radius 1 is 1.04 bits per heavy atom. The standard InChI is InChI=1S/C20H31N7/c1-3-17-12-18(22-15-21-17)27-11-7-8-16(13-27)20-24-23-19(25(20)2)14-26-9-5-4-6-10-26/h12,15-16H,3-11,13-14H2,1-2H3/t16-/m1/s1. The molecule has 0 unspecified atom stereocenters. The first kappa shape index (κ1) is 18.3. The van der Waals surface area contributed by atoms with Crippen molar-refractivity contribution in [3.05, 3.63) is 29.7 Å². The zero-order chi connectivity index (χ0) is 18.6. The lowest BCUT2D eigenvalue weighted by molar-refractivity contribution is 0.213. The first-order valence-corrected chi connectivity index (χ1v) is 10.4. The Morgan fingerprint density at radius 2 is 1.89 bits per heavy atom. The zero-order valence-corrected chi connectivity index (χ0v) is 16.6. The minimum atomic E-state index is 0.409. The number of rotatable bonds is 5. The van der Waals surface area contributed by atoms with E-state index < -0.39 is 0 Å². The molecule has 4 rings (SSSR count). The normalized spacial score (nSPS) is 21.6. The van der Waals surface area contributed by atoms with Gasteiger partial charge in [-0.25, -0.2) is 9.97 Å². The van der Waals surface area contributed by atoms with Crippen molar-refractivity contribution in [2.24, 2.45) is 7.05 Å². The first-order valence-electron chi connectivity index (χ1n) is 10.4. The summed E-state index contributed by atoms with van der Waals surface area (Å²) in [5, 5.41) is 9.13. The number of aromatic nitrogens is 5. The molecule has 0 bridgehead atoms. The van der Waals surface area contributed by atoms with Crippen LogP contribution in [0.2, 0.25) is 0 Å². The van der Waals surface area contributed by atoms with Gasteiger partial charge in [0, 0.05) is 37.8 Å². The molecule has 0 amide bonds. The Bertz CT molecular complexity index is 751. The second kappa shape index (κ2) is 8.33. The van der Waals surface area contributed by atoms with E-state index in [1.165, 1.54) is 32.4 Å². The quantitative estimate of drug-likeness (QED) is 0.807. The minimum Gasteiger partial charge on any atom is -0.356 e. The van der Waals surface area contributed by atoms with Crippen molar-refractivity contribution in [2.75, 3.05) is 31.1 Å². The molecule has 1 atom stereocenters. The van der Waals surface area contributed by atoms with Gasteiger partial charge in [-0.05, 0) is 45.2 Å². The Kier molecular flexibility index (Phi) is 5.66. The van der Waals surface area contributed by atoms with Crippen molar-refractivity contribution in [3.8, 4) is 0 Å². The van der Waals surface area contributed by atoms with E-state index in [0.717, 1.165) is 62.1 Å². The van der Waals surface area contributed by atoms with Gasteiger partial charge in [0.05, 0.1) is 6.54 Å². The summed E-state index contributed by atoms with van der Waals surface area (Å²) in [6.45, 7) is 7.44. The van der Waals surface area contributed by atoms with Crippen LogP contribution in [0.4, 0.5) is 5.82 Å². The molecule has 4 heterocycles. The fraction of sp³-hybridized carbons (Fsp3) is 0.700. The van der Waals surface area contributed by atoms with Crippen molar-refractivity contribution in [1.82, 2.24) is 29.6 Å². The molecule has 2 aliphatic heterocycles. The highest BCUT2D eigenvalue weighted by molar-refractivity contribution is 5.40. The van der Waals surface area contributed by atoms with Gasteiger partial charge in [-0.3, -0.25) is 4.90 Å². The molecule has 7 heteroatoms. The lowest BCUT2D eigenvalue weighted by Crippen LogP contribution is -2.36. The number of anilines is 1. The third kappa shape index (κ3) is 4.13. The molecule has 0 N–H and O–H groups in total. The smallest absolute Gasteiger partial charge is 0.146 e. The van der Waals surface area contributed by atoms with E-state index in [0.29, 0.717) is 5.92 Å². The zero-order valence-electron chi connectivity index (χ0n) is 16.6. The van der Waals surface area contributed by atoms with E-state index in [2.05, 4.69) is 54.6 Å². The predicted molar refractivity (Wildman–Crippen MR) is 106 cm³/mol.